The minimum absolute atomic E-state index is 0.0697. The number of nitrogens with one attached hydrogen (secondary N) is 6. The third-order valence-electron chi connectivity index (χ3n) is 6.94. The number of benzene rings is 1. The fourth-order valence-corrected chi connectivity index (χ4v) is 4.15. The first-order valence-electron chi connectivity index (χ1n) is 15.6. The Morgan fingerprint density at radius 2 is 1.00 bits per heavy atom. The van der Waals surface area contributed by atoms with Crippen molar-refractivity contribution < 1.29 is 49.3 Å². The Morgan fingerprint density at radius 1 is 0.630 bits per heavy atom. The van der Waals surface area contributed by atoms with E-state index in [4.69, 9.17) is 18.9 Å². The van der Waals surface area contributed by atoms with Crippen LogP contribution in [0, 0.1) is 6.92 Å². The number of aliphatic hydroxyl groups excluding tert-OH is 5. The van der Waals surface area contributed by atoms with Crippen LogP contribution in [0.3, 0.4) is 0 Å². The minimum Gasteiger partial charge on any atom is -0.380 e. The zero-order valence-corrected chi connectivity index (χ0v) is 27.8. The molecule has 0 aliphatic rings. The highest BCUT2D eigenvalue weighted by atomic mass is 16.5. The van der Waals surface area contributed by atoms with E-state index in [1.165, 1.54) is 7.05 Å². The van der Waals surface area contributed by atoms with Crippen LogP contribution in [0.2, 0.25) is 0 Å². The van der Waals surface area contributed by atoms with Crippen molar-refractivity contribution in [3.8, 4) is 0 Å². The molecule has 0 bridgehead atoms. The summed E-state index contributed by atoms with van der Waals surface area (Å²) in [6, 6.07) is 4.31. The summed E-state index contributed by atoms with van der Waals surface area (Å²) in [6.07, 6.45) is -3.26. The lowest BCUT2D eigenvalue weighted by molar-refractivity contribution is -0.125. The normalized spacial score (nSPS) is 16.4. The molecule has 1 amide bonds. The lowest BCUT2D eigenvalue weighted by Gasteiger charge is -2.26. The Bertz CT molecular complexity index is 918. The maximum absolute atomic E-state index is 11.6. The standard InChI is InChI=1S/C30H58N6O10/c1-20-12-21(29(41)35-23(15-43-9-6-25(37)31-2)16-44-10-7-26(38)32-3)14-22(13-20)30(42)36-24(18-46-19-28(40)34-5)17-45-11-8-27(39)33-4/h12-14,23-27,29-33,35-39,41-42H,6-11,15-19H2,1-5H3,(H,34,40). The molecule has 0 saturated carbocycles. The summed E-state index contributed by atoms with van der Waals surface area (Å²) < 4.78 is 22.6. The molecular formula is C30H58N6O10. The van der Waals surface area contributed by atoms with Crippen molar-refractivity contribution in [2.75, 3.05) is 81.0 Å². The van der Waals surface area contributed by atoms with Crippen LogP contribution >= 0.6 is 0 Å². The summed E-state index contributed by atoms with van der Waals surface area (Å²) in [5, 5.41) is 68.2. The van der Waals surface area contributed by atoms with Crippen LogP contribution in [-0.2, 0) is 23.7 Å². The minimum atomic E-state index is -1.16. The number of likely N-dealkylation sites (N-methyl/N-ethyl adjacent to an activating group) is 1. The highest BCUT2D eigenvalue weighted by Crippen LogP contribution is 2.21. The molecule has 0 fully saturated rings. The molecule has 0 saturated heterocycles. The Balaban J connectivity index is 2.92. The number of hydrogen-bond acceptors (Lipinski definition) is 15. The Morgan fingerprint density at radius 3 is 1.35 bits per heavy atom. The molecule has 16 nitrogen and oxygen atoms in total. The molecule has 1 aromatic rings. The van der Waals surface area contributed by atoms with Gasteiger partial charge in [0.1, 0.15) is 37.7 Å². The van der Waals surface area contributed by atoms with Crippen LogP contribution in [0.25, 0.3) is 0 Å². The van der Waals surface area contributed by atoms with Crippen LogP contribution < -0.4 is 31.9 Å². The van der Waals surface area contributed by atoms with Crippen molar-refractivity contribution in [1.82, 2.24) is 31.9 Å². The quantitative estimate of drug-likeness (QED) is 0.0329. The predicted molar refractivity (Wildman–Crippen MR) is 171 cm³/mol. The highest BCUT2D eigenvalue weighted by Gasteiger charge is 2.21. The van der Waals surface area contributed by atoms with Crippen molar-refractivity contribution in [2.24, 2.45) is 0 Å². The summed E-state index contributed by atoms with van der Waals surface area (Å²) in [5.41, 5.74) is 1.79. The van der Waals surface area contributed by atoms with E-state index in [0.717, 1.165) is 5.56 Å². The largest absolute Gasteiger partial charge is 0.380 e. The molecule has 0 aliphatic carbocycles. The van der Waals surface area contributed by atoms with Gasteiger partial charge >= 0.3 is 0 Å². The first kappa shape index (κ1) is 42.2. The summed E-state index contributed by atoms with van der Waals surface area (Å²) in [4.78, 5) is 11.6. The third kappa shape index (κ3) is 19.1. The van der Waals surface area contributed by atoms with Crippen LogP contribution in [0.4, 0.5) is 0 Å². The van der Waals surface area contributed by atoms with Gasteiger partial charge in [0.2, 0.25) is 5.91 Å². The lowest BCUT2D eigenvalue weighted by Crippen LogP contribution is -2.42. The molecule has 46 heavy (non-hydrogen) atoms. The molecule has 0 heterocycles. The molecule has 0 aromatic heterocycles. The zero-order valence-electron chi connectivity index (χ0n) is 27.8. The molecule has 1 rings (SSSR count). The van der Waals surface area contributed by atoms with E-state index in [2.05, 4.69) is 31.9 Å². The molecular weight excluding hydrogens is 604 g/mol. The number of ether oxygens (including phenoxy) is 4. The fraction of sp³-hybridized carbons (Fsp3) is 0.767. The van der Waals surface area contributed by atoms with Gasteiger partial charge in [0.25, 0.3) is 0 Å². The average Bonchev–Trinajstić information content (AvgIpc) is 3.05. The summed E-state index contributed by atoms with van der Waals surface area (Å²) in [7, 11) is 6.44. The molecule has 0 spiro atoms. The SMILES string of the molecule is CNC(=O)COCC(COCCC(O)NC)NC(O)c1cc(C)cc(C(O)NC(COCCC(O)NC)COCCC(O)NC)c1. The highest BCUT2D eigenvalue weighted by molar-refractivity contribution is 5.76. The molecule has 268 valence electrons. The molecule has 11 N–H and O–H groups in total. The number of aliphatic hydroxyl groups is 5. The maximum Gasteiger partial charge on any atom is 0.245 e. The van der Waals surface area contributed by atoms with Crippen LogP contribution in [0.5, 0.6) is 0 Å². The second kappa shape index (κ2) is 25.2. The van der Waals surface area contributed by atoms with E-state index < -0.39 is 43.2 Å². The van der Waals surface area contributed by atoms with Gasteiger partial charge in [0, 0.05) is 26.3 Å². The van der Waals surface area contributed by atoms with Crippen molar-refractivity contribution in [1.29, 1.82) is 0 Å². The molecule has 1 aromatic carbocycles. The number of rotatable bonds is 28. The number of carbonyl (C=O) groups is 1. The van der Waals surface area contributed by atoms with E-state index >= 15 is 0 Å². The van der Waals surface area contributed by atoms with Gasteiger partial charge in [0.05, 0.1) is 58.3 Å². The topological polar surface area (TPSA) is 227 Å². The monoisotopic (exact) mass is 662 g/mol. The van der Waals surface area contributed by atoms with Gasteiger partial charge in [-0.1, -0.05) is 17.7 Å². The maximum atomic E-state index is 11.6. The van der Waals surface area contributed by atoms with Crippen molar-refractivity contribution in [3.63, 3.8) is 0 Å². The first-order chi connectivity index (χ1) is 22.0. The summed E-state index contributed by atoms with van der Waals surface area (Å²) >= 11 is 0. The summed E-state index contributed by atoms with van der Waals surface area (Å²) in [5.74, 6) is -0.289. The van der Waals surface area contributed by atoms with E-state index in [-0.39, 0.29) is 58.8 Å². The van der Waals surface area contributed by atoms with Gasteiger partial charge < -0.3 is 49.8 Å². The van der Waals surface area contributed by atoms with Crippen LogP contribution in [-0.4, -0.2) is 143 Å². The second-order valence-electron chi connectivity index (χ2n) is 10.9. The second-order valence-corrected chi connectivity index (χ2v) is 10.9. The molecule has 0 aliphatic heterocycles. The first-order valence-corrected chi connectivity index (χ1v) is 15.6. The zero-order chi connectivity index (χ0) is 34.3. The van der Waals surface area contributed by atoms with Gasteiger partial charge in [-0.25, -0.2) is 0 Å². The Kier molecular flexibility index (Phi) is 23.1. The number of carbonyl (C=O) groups excluding carboxylic acids is 1. The molecule has 6 atom stereocenters. The Hall–Kier alpha value is -1.87. The smallest absolute Gasteiger partial charge is 0.245 e. The third-order valence-corrected chi connectivity index (χ3v) is 6.94. The van der Waals surface area contributed by atoms with Gasteiger partial charge in [-0.3, -0.25) is 31.4 Å². The Labute approximate surface area is 272 Å². The molecule has 16 heteroatoms. The van der Waals surface area contributed by atoms with E-state index in [9.17, 15) is 30.3 Å². The van der Waals surface area contributed by atoms with E-state index in [1.807, 2.05) is 6.92 Å². The summed E-state index contributed by atoms with van der Waals surface area (Å²) in [6.45, 7) is 3.11. The number of aryl methyl sites for hydroxylation is 1. The van der Waals surface area contributed by atoms with E-state index in [1.54, 1.807) is 39.3 Å². The van der Waals surface area contributed by atoms with Crippen molar-refractivity contribution in [2.45, 2.75) is 69.4 Å². The van der Waals surface area contributed by atoms with Crippen LogP contribution in [0.15, 0.2) is 18.2 Å². The molecule has 6 unspecified atom stereocenters. The van der Waals surface area contributed by atoms with Gasteiger partial charge in [-0.15, -0.1) is 0 Å². The predicted octanol–water partition coefficient (Wildman–Crippen LogP) is -2.51. The lowest BCUT2D eigenvalue weighted by atomic mass is 10.0. The number of amides is 1. The number of hydrogen-bond donors (Lipinski definition) is 11. The van der Waals surface area contributed by atoms with Gasteiger partial charge in [0.15, 0.2) is 0 Å². The fourth-order valence-electron chi connectivity index (χ4n) is 4.15. The van der Waals surface area contributed by atoms with Crippen LogP contribution in [0.1, 0.15) is 48.4 Å². The van der Waals surface area contributed by atoms with E-state index in [0.29, 0.717) is 30.4 Å². The molecule has 0 radical (unpaired) electrons. The van der Waals surface area contributed by atoms with Crippen molar-refractivity contribution >= 4 is 5.91 Å². The van der Waals surface area contributed by atoms with Gasteiger partial charge in [-0.2, -0.15) is 0 Å². The van der Waals surface area contributed by atoms with Crippen molar-refractivity contribution in [3.05, 3.63) is 34.9 Å². The average molecular weight is 663 g/mol. The van der Waals surface area contributed by atoms with Gasteiger partial charge in [-0.05, 0) is 45.3 Å².